The standard InChI is InChI=1S/C24H31N5O3/c1-28-16-12-25-21(28)18-29-14-9-24(10-15-29)8-4-5-11-26-22(30)19-6-2-3-7-20(19)32-17-13-27-23(24)31/h2-7,12,16H,8-11,13-15,17-18H2,1H3,(H,26,30)(H,27,31)/b5-4+. The van der Waals surface area contributed by atoms with Gasteiger partial charge in [-0.3, -0.25) is 14.5 Å². The predicted octanol–water partition coefficient (Wildman–Crippen LogP) is 1.89. The van der Waals surface area contributed by atoms with Crippen molar-refractivity contribution in [2.24, 2.45) is 12.5 Å². The van der Waals surface area contributed by atoms with Gasteiger partial charge >= 0.3 is 0 Å². The lowest BCUT2D eigenvalue weighted by atomic mass is 9.74. The average molecular weight is 438 g/mol. The highest BCUT2D eigenvalue weighted by molar-refractivity contribution is 5.97. The number of amides is 2. The number of imidazole rings is 1. The maximum Gasteiger partial charge on any atom is 0.255 e. The lowest BCUT2D eigenvalue weighted by molar-refractivity contribution is -0.134. The van der Waals surface area contributed by atoms with Gasteiger partial charge in [0.25, 0.3) is 5.91 Å². The van der Waals surface area contributed by atoms with Gasteiger partial charge in [0, 0.05) is 26.0 Å². The van der Waals surface area contributed by atoms with Crippen LogP contribution in [-0.4, -0.2) is 59.1 Å². The molecule has 0 aliphatic carbocycles. The van der Waals surface area contributed by atoms with E-state index in [9.17, 15) is 9.59 Å². The van der Waals surface area contributed by atoms with Gasteiger partial charge in [-0.15, -0.1) is 0 Å². The Morgan fingerprint density at radius 1 is 1.12 bits per heavy atom. The molecule has 0 saturated carbocycles. The fourth-order valence-corrected chi connectivity index (χ4v) is 4.34. The number of hydrogen-bond acceptors (Lipinski definition) is 5. The number of carbonyl (C=O) groups excluding carboxylic acids is 2. The van der Waals surface area contributed by atoms with Crippen LogP contribution in [0.3, 0.4) is 0 Å². The smallest absolute Gasteiger partial charge is 0.255 e. The summed E-state index contributed by atoms with van der Waals surface area (Å²) in [4.78, 5) is 32.5. The normalized spacial score (nSPS) is 21.0. The summed E-state index contributed by atoms with van der Waals surface area (Å²) >= 11 is 0. The third-order valence-corrected chi connectivity index (χ3v) is 6.41. The molecule has 2 N–H and O–H groups in total. The summed E-state index contributed by atoms with van der Waals surface area (Å²) in [6, 6.07) is 7.16. The maximum atomic E-state index is 13.2. The molecule has 32 heavy (non-hydrogen) atoms. The van der Waals surface area contributed by atoms with Crippen LogP contribution < -0.4 is 15.4 Å². The quantitative estimate of drug-likeness (QED) is 0.701. The van der Waals surface area contributed by atoms with E-state index < -0.39 is 5.41 Å². The molecule has 2 aliphatic rings. The van der Waals surface area contributed by atoms with Gasteiger partial charge in [-0.25, -0.2) is 4.98 Å². The number of fused-ring (bicyclic) bond motifs is 1. The van der Waals surface area contributed by atoms with Crippen molar-refractivity contribution >= 4 is 11.8 Å². The zero-order valence-corrected chi connectivity index (χ0v) is 18.5. The average Bonchev–Trinajstić information content (AvgIpc) is 3.21. The molecule has 1 aromatic heterocycles. The summed E-state index contributed by atoms with van der Waals surface area (Å²) < 4.78 is 7.84. The molecule has 2 amide bonds. The number of piperidine rings is 1. The number of carbonyl (C=O) groups is 2. The number of ether oxygens (including phenoxy) is 1. The lowest BCUT2D eigenvalue weighted by Crippen LogP contribution is -2.49. The minimum atomic E-state index is -0.444. The summed E-state index contributed by atoms with van der Waals surface area (Å²) in [5.74, 6) is 1.47. The molecule has 2 aromatic rings. The lowest BCUT2D eigenvalue weighted by Gasteiger charge is -2.40. The first kappa shape index (κ1) is 22.1. The van der Waals surface area contributed by atoms with Crippen LogP contribution >= 0.6 is 0 Å². The molecule has 4 rings (SSSR count). The summed E-state index contributed by atoms with van der Waals surface area (Å²) in [6.45, 7) is 3.60. The number of hydrogen-bond donors (Lipinski definition) is 2. The molecule has 8 nitrogen and oxygen atoms in total. The number of nitrogens with zero attached hydrogens (tertiary/aromatic N) is 3. The summed E-state index contributed by atoms with van der Waals surface area (Å²) in [6.07, 6.45) is 9.95. The second-order valence-corrected chi connectivity index (χ2v) is 8.50. The Morgan fingerprint density at radius 2 is 1.94 bits per heavy atom. The van der Waals surface area contributed by atoms with Crippen molar-refractivity contribution in [3.05, 3.63) is 60.2 Å². The van der Waals surface area contributed by atoms with Crippen LogP contribution in [0.15, 0.2) is 48.8 Å². The molecule has 1 saturated heterocycles. The Kier molecular flexibility index (Phi) is 6.90. The Morgan fingerprint density at radius 3 is 2.72 bits per heavy atom. The molecule has 1 fully saturated rings. The van der Waals surface area contributed by atoms with Crippen molar-refractivity contribution in [3.8, 4) is 5.75 Å². The number of benzene rings is 1. The van der Waals surface area contributed by atoms with Crippen molar-refractivity contribution in [2.75, 3.05) is 32.8 Å². The van der Waals surface area contributed by atoms with E-state index in [-0.39, 0.29) is 11.8 Å². The molecular weight excluding hydrogens is 406 g/mol. The molecule has 2 aliphatic heterocycles. The van der Waals surface area contributed by atoms with E-state index in [1.807, 2.05) is 48.3 Å². The van der Waals surface area contributed by atoms with Gasteiger partial charge in [0.1, 0.15) is 18.2 Å². The Hall–Kier alpha value is -3.13. The van der Waals surface area contributed by atoms with E-state index in [0.29, 0.717) is 37.4 Å². The topological polar surface area (TPSA) is 88.5 Å². The van der Waals surface area contributed by atoms with Crippen molar-refractivity contribution < 1.29 is 14.3 Å². The predicted molar refractivity (Wildman–Crippen MR) is 121 cm³/mol. The first-order valence-electron chi connectivity index (χ1n) is 11.2. The minimum absolute atomic E-state index is 0.0803. The summed E-state index contributed by atoms with van der Waals surface area (Å²) in [5.41, 5.74) is 0.0570. The van der Waals surface area contributed by atoms with Crippen molar-refractivity contribution in [1.29, 1.82) is 0 Å². The van der Waals surface area contributed by atoms with E-state index in [2.05, 4.69) is 20.5 Å². The van der Waals surface area contributed by atoms with Gasteiger partial charge in [-0.1, -0.05) is 24.3 Å². The zero-order chi connectivity index (χ0) is 22.4. The number of rotatable bonds is 2. The van der Waals surface area contributed by atoms with Crippen molar-refractivity contribution in [2.45, 2.75) is 25.8 Å². The number of nitrogens with one attached hydrogen (secondary N) is 2. The van der Waals surface area contributed by atoms with Crippen LogP contribution in [0.2, 0.25) is 0 Å². The minimum Gasteiger partial charge on any atom is -0.491 e. The van der Waals surface area contributed by atoms with Gasteiger partial charge in [0.15, 0.2) is 0 Å². The van der Waals surface area contributed by atoms with Crippen LogP contribution in [-0.2, 0) is 18.4 Å². The maximum absolute atomic E-state index is 13.2. The molecule has 1 spiro atoms. The third kappa shape index (κ3) is 5.02. The van der Waals surface area contributed by atoms with Crippen LogP contribution in [0.1, 0.15) is 35.4 Å². The van der Waals surface area contributed by atoms with Gasteiger partial charge in [0.05, 0.1) is 24.1 Å². The number of likely N-dealkylation sites (tertiary alicyclic amines) is 1. The van der Waals surface area contributed by atoms with E-state index in [0.717, 1.165) is 38.3 Å². The highest BCUT2D eigenvalue weighted by atomic mass is 16.5. The number of aryl methyl sites for hydroxylation is 1. The van der Waals surface area contributed by atoms with E-state index in [1.165, 1.54) is 0 Å². The van der Waals surface area contributed by atoms with Crippen LogP contribution in [0.5, 0.6) is 5.75 Å². The highest BCUT2D eigenvalue weighted by Gasteiger charge is 2.40. The summed E-state index contributed by atoms with van der Waals surface area (Å²) in [5, 5.41) is 5.98. The van der Waals surface area contributed by atoms with Crippen LogP contribution in [0.4, 0.5) is 0 Å². The van der Waals surface area contributed by atoms with Gasteiger partial charge in [-0.05, 0) is 44.5 Å². The highest BCUT2D eigenvalue weighted by Crippen LogP contribution is 2.36. The molecule has 0 unspecified atom stereocenters. The molecule has 0 atom stereocenters. The van der Waals surface area contributed by atoms with Gasteiger partial charge in [0.2, 0.25) is 5.91 Å². The number of para-hydroxylation sites is 1. The Balaban J connectivity index is 1.42. The molecule has 1 aromatic carbocycles. The zero-order valence-electron chi connectivity index (χ0n) is 18.5. The molecule has 170 valence electrons. The van der Waals surface area contributed by atoms with E-state index >= 15 is 0 Å². The van der Waals surface area contributed by atoms with E-state index in [4.69, 9.17) is 4.74 Å². The fourth-order valence-electron chi connectivity index (χ4n) is 4.34. The molecular formula is C24H31N5O3. The molecule has 0 bridgehead atoms. The first-order chi connectivity index (χ1) is 15.6. The first-order valence-corrected chi connectivity index (χ1v) is 11.2. The largest absolute Gasteiger partial charge is 0.491 e. The molecule has 8 heteroatoms. The van der Waals surface area contributed by atoms with Crippen LogP contribution in [0.25, 0.3) is 0 Å². The van der Waals surface area contributed by atoms with Gasteiger partial charge < -0.3 is 19.9 Å². The fraction of sp³-hybridized carbons (Fsp3) is 0.458. The monoisotopic (exact) mass is 437 g/mol. The second-order valence-electron chi connectivity index (χ2n) is 8.50. The number of aromatic nitrogens is 2. The Bertz CT molecular complexity index is 976. The van der Waals surface area contributed by atoms with Crippen LogP contribution in [0, 0.1) is 5.41 Å². The summed E-state index contributed by atoms with van der Waals surface area (Å²) in [7, 11) is 2.00. The molecule has 3 heterocycles. The SMILES string of the molecule is Cn1ccnc1CN1CCC2(C/C=C/CNC(=O)c3ccccc3OCCNC2=O)CC1. The molecule has 0 radical (unpaired) electrons. The Labute approximate surface area is 188 Å². The van der Waals surface area contributed by atoms with Crippen molar-refractivity contribution in [3.63, 3.8) is 0 Å². The third-order valence-electron chi connectivity index (χ3n) is 6.41. The van der Waals surface area contributed by atoms with Crippen molar-refractivity contribution in [1.82, 2.24) is 25.1 Å². The second kappa shape index (κ2) is 9.99. The van der Waals surface area contributed by atoms with Gasteiger partial charge in [-0.2, -0.15) is 0 Å². The van der Waals surface area contributed by atoms with E-state index in [1.54, 1.807) is 12.1 Å². The number of allylic oxidation sites excluding steroid dienone is 1.